The van der Waals surface area contributed by atoms with Gasteiger partial charge >= 0.3 is 0 Å². The fourth-order valence-electron chi connectivity index (χ4n) is 2.57. The molecule has 3 rings (SSSR count). The number of aromatic nitrogens is 2. The van der Waals surface area contributed by atoms with Gasteiger partial charge in [-0.2, -0.15) is 0 Å². The highest BCUT2D eigenvalue weighted by atomic mass is 19.1. The molecular formula is C19H15FN4O5. The summed E-state index contributed by atoms with van der Waals surface area (Å²) in [4.78, 5) is 39.0. The summed E-state index contributed by atoms with van der Waals surface area (Å²) in [6.07, 6.45) is 1.20. The van der Waals surface area contributed by atoms with Gasteiger partial charge < -0.3 is 10.1 Å². The van der Waals surface area contributed by atoms with E-state index in [1.807, 2.05) is 0 Å². The van der Waals surface area contributed by atoms with E-state index in [0.717, 1.165) is 10.6 Å². The molecule has 1 heterocycles. The lowest BCUT2D eigenvalue weighted by atomic mass is 10.1. The number of hydrogen-bond acceptors (Lipinski definition) is 6. The lowest BCUT2D eigenvalue weighted by Gasteiger charge is -2.11. The van der Waals surface area contributed by atoms with Crippen molar-refractivity contribution < 1.29 is 18.8 Å². The van der Waals surface area contributed by atoms with Gasteiger partial charge in [0.15, 0.2) is 0 Å². The van der Waals surface area contributed by atoms with Gasteiger partial charge in [-0.3, -0.25) is 24.3 Å². The number of carbonyl (C=O) groups is 1. The van der Waals surface area contributed by atoms with Crippen LogP contribution in [0.25, 0.3) is 11.3 Å². The maximum absolute atomic E-state index is 13.0. The average molecular weight is 398 g/mol. The van der Waals surface area contributed by atoms with Crippen molar-refractivity contribution in [2.45, 2.75) is 6.54 Å². The zero-order valence-electron chi connectivity index (χ0n) is 15.2. The molecule has 29 heavy (non-hydrogen) atoms. The number of nitrogens with zero attached hydrogens (tertiary/aromatic N) is 3. The zero-order valence-corrected chi connectivity index (χ0v) is 15.2. The van der Waals surface area contributed by atoms with E-state index >= 15 is 0 Å². The molecular weight excluding hydrogens is 383 g/mol. The highest BCUT2D eigenvalue weighted by Crippen LogP contribution is 2.28. The van der Waals surface area contributed by atoms with Crippen LogP contribution in [0.1, 0.15) is 0 Å². The third-order valence-corrected chi connectivity index (χ3v) is 4.00. The summed E-state index contributed by atoms with van der Waals surface area (Å²) < 4.78 is 19.2. The topological polar surface area (TPSA) is 116 Å². The molecule has 0 aliphatic rings. The van der Waals surface area contributed by atoms with Gasteiger partial charge in [-0.1, -0.05) is 0 Å². The largest absolute Gasteiger partial charge is 0.495 e. The number of hydrogen-bond donors (Lipinski definition) is 1. The van der Waals surface area contributed by atoms with Crippen LogP contribution in [-0.2, 0) is 11.3 Å². The van der Waals surface area contributed by atoms with Crippen molar-refractivity contribution in [2.75, 3.05) is 12.4 Å². The minimum absolute atomic E-state index is 0.107. The smallest absolute Gasteiger partial charge is 0.271 e. The number of nitrogens with one attached hydrogen (secondary N) is 1. The van der Waals surface area contributed by atoms with Crippen LogP contribution < -0.4 is 15.6 Å². The first-order chi connectivity index (χ1) is 13.9. The molecule has 0 bridgehead atoms. The Morgan fingerprint density at radius 1 is 1.24 bits per heavy atom. The van der Waals surface area contributed by atoms with Crippen LogP contribution >= 0.6 is 0 Å². The van der Waals surface area contributed by atoms with Crippen molar-refractivity contribution in [3.8, 4) is 17.0 Å². The first kappa shape index (κ1) is 19.7. The average Bonchev–Trinajstić information content (AvgIpc) is 2.70. The van der Waals surface area contributed by atoms with Gasteiger partial charge in [0.25, 0.3) is 11.2 Å². The lowest BCUT2D eigenvalue weighted by molar-refractivity contribution is -0.384. The van der Waals surface area contributed by atoms with Crippen LogP contribution in [-0.4, -0.2) is 27.5 Å². The van der Waals surface area contributed by atoms with Crippen LogP contribution in [0.3, 0.4) is 0 Å². The summed E-state index contributed by atoms with van der Waals surface area (Å²) in [6, 6.07) is 10.5. The van der Waals surface area contributed by atoms with Gasteiger partial charge in [0.2, 0.25) is 5.91 Å². The van der Waals surface area contributed by atoms with E-state index in [-0.39, 0.29) is 23.7 Å². The van der Waals surface area contributed by atoms with Crippen molar-refractivity contribution >= 4 is 17.3 Å². The molecule has 10 heteroatoms. The summed E-state index contributed by atoms with van der Waals surface area (Å²) in [5, 5.41) is 13.4. The van der Waals surface area contributed by atoms with Crippen molar-refractivity contribution in [2.24, 2.45) is 0 Å². The van der Waals surface area contributed by atoms with Crippen molar-refractivity contribution in [1.82, 2.24) is 9.55 Å². The maximum Gasteiger partial charge on any atom is 0.271 e. The fourth-order valence-corrected chi connectivity index (χ4v) is 2.57. The first-order valence-electron chi connectivity index (χ1n) is 8.32. The monoisotopic (exact) mass is 398 g/mol. The molecule has 0 atom stereocenters. The van der Waals surface area contributed by atoms with Crippen molar-refractivity contribution in [3.63, 3.8) is 0 Å². The van der Waals surface area contributed by atoms with E-state index in [2.05, 4.69) is 10.3 Å². The predicted octanol–water partition coefficient (Wildman–Crippen LogP) is 2.60. The fraction of sp³-hybridized carbons (Fsp3) is 0.105. The summed E-state index contributed by atoms with van der Waals surface area (Å²) in [5.74, 6) is -0.765. The maximum atomic E-state index is 13.0. The third-order valence-electron chi connectivity index (χ3n) is 4.00. The van der Waals surface area contributed by atoms with Crippen molar-refractivity contribution in [1.29, 1.82) is 0 Å². The Kier molecular flexibility index (Phi) is 5.63. The van der Waals surface area contributed by atoms with Crippen LogP contribution in [0.15, 0.2) is 59.7 Å². The molecule has 0 unspecified atom stereocenters. The third kappa shape index (κ3) is 4.61. The number of rotatable bonds is 6. The second-order valence-corrected chi connectivity index (χ2v) is 5.94. The molecule has 1 amide bonds. The van der Waals surface area contributed by atoms with E-state index in [0.29, 0.717) is 11.3 Å². The van der Waals surface area contributed by atoms with Gasteiger partial charge in [-0.05, 0) is 30.3 Å². The number of nitro groups is 1. The van der Waals surface area contributed by atoms with Crippen LogP contribution in [0.5, 0.6) is 5.75 Å². The first-order valence-corrected chi connectivity index (χ1v) is 8.32. The van der Waals surface area contributed by atoms with E-state index in [1.54, 1.807) is 0 Å². The molecule has 0 aliphatic heterocycles. The molecule has 148 valence electrons. The minimum Gasteiger partial charge on any atom is -0.495 e. The predicted molar refractivity (Wildman–Crippen MR) is 102 cm³/mol. The Morgan fingerprint density at radius 2 is 1.97 bits per heavy atom. The quantitative estimate of drug-likeness (QED) is 0.504. The normalized spacial score (nSPS) is 10.4. The molecule has 3 aromatic rings. The van der Waals surface area contributed by atoms with Gasteiger partial charge in [-0.15, -0.1) is 0 Å². The van der Waals surface area contributed by atoms with E-state index < -0.39 is 22.2 Å². The van der Waals surface area contributed by atoms with Crippen LogP contribution in [0, 0.1) is 15.9 Å². The number of non-ortho nitro benzene ring substituents is 1. The SMILES string of the molecule is COc1ccc([N+](=O)[O-])cc1NC(=O)Cn1cnc(-c2ccc(F)cc2)cc1=O. The summed E-state index contributed by atoms with van der Waals surface area (Å²) >= 11 is 0. The second kappa shape index (κ2) is 8.30. The van der Waals surface area contributed by atoms with Gasteiger partial charge in [0.1, 0.15) is 18.1 Å². The summed E-state index contributed by atoms with van der Waals surface area (Å²) in [7, 11) is 1.36. The summed E-state index contributed by atoms with van der Waals surface area (Å²) in [6.45, 7) is -0.360. The molecule has 1 N–H and O–H groups in total. The number of methoxy groups -OCH3 is 1. The standard InChI is InChI=1S/C19H15FN4O5/c1-29-17-7-6-14(24(27)28)8-16(17)22-18(25)10-23-11-21-15(9-19(23)26)12-2-4-13(20)5-3-12/h2-9,11H,10H2,1H3,(H,22,25). The van der Waals surface area contributed by atoms with Crippen molar-refractivity contribution in [3.05, 3.63) is 81.1 Å². The highest BCUT2D eigenvalue weighted by Gasteiger charge is 2.14. The highest BCUT2D eigenvalue weighted by molar-refractivity contribution is 5.92. The number of anilines is 1. The molecule has 9 nitrogen and oxygen atoms in total. The molecule has 0 radical (unpaired) electrons. The molecule has 0 spiro atoms. The minimum atomic E-state index is -0.600. The molecule has 2 aromatic carbocycles. The lowest BCUT2D eigenvalue weighted by Crippen LogP contribution is -2.27. The molecule has 0 saturated carbocycles. The molecule has 0 fully saturated rings. The number of ether oxygens (including phenoxy) is 1. The number of benzene rings is 2. The number of carbonyl (C=O) groups excluding carboxylic acids is 1. The van der Waals surface area contributed by atoms with E-state index in [9.17, 15) is 24.1 Å². The van der Waals surface area contributed by atoms with E-state index in [4.69, 9.17) is 4.74 Å². The second-order valence-electron chi connectivity index (χ2n) is 5.94. The van der Waals surface area contributed by atoms with E-state index in [1.165, 1.54) is 55.9 Å². The number of amides is 1. The van der Waals surface area contributed by atoms with Crippen LogP contribution in [0.4, 0.5) is 15.8 Å². The van der Waals surface area contributed by atoms with Gasteiger partial charge in [0, 0.05) is 23.8 Å². The Hall–Kier alpha value is -4.08. The Balaban J connectivity index is 1.77. The Morgan fingerprint density at radius 3 is 2.59 bits per heavy atom. The van der Waals surface area contributed by atoms with Crippen LogP contribution in [0.2, 0.25) is 0 Å². The zero-order chi connectivity index (χ0) is 21.0. The van der Waals surface area contributed by atoms with Gasteiger partial charge in [0.05, 0.1) is 29.7 Å². The Bertz CT molecular complexity index is 1130. The van der Waals surface area contributed by atoms with Gasteiger partial charge in [-0.25, -0.2) is 9.37 Å². The summed E-state index contributed by atoms with van der Waals surface area (Å²) in [5.41, 5.74) is 0.299. The molecule has 1 aromatic heterocycles. The Labute approximate surface area is 163 Å². The molecule has 0 saturated heterocycles. The number of halogens is 1. The molecule has 0 aliphatic carbocycles. The number of nitro benzene ring substituents is 1.